The molecule has 0 radical (unpaired) electrons. The van der Waals surface area contributed by atoms with Crippen LogP contribution in [0.5, 0.6) is 17.4 Å². The van der Waals surface area contributed by atoms with Gasteiger partial charge in [0.1, 0.15) is 12.0 Å². The number of nitro groups is 1. The number of methoxy groups -OCH3 is 1. The predicted octanol–water partition coefficient (Wildman–Crippen LogP) is 6.10. The number of fused-ring (bicyclic) bond motifs is 1. The number of hydrogen-bond donors (Lipinski definition) is 0. The predicted molar refractivity (Wildman–Crippen MR) is 144 cm³/mol. The van der Waals surface area contributed by atoms with Gasteiger partial charge in [-0.05, 0) is 24.3 Å². The van der Waals surface area contributed by atoms with Crippen LogP contribution in [0, 0.1) is 10.1 Å². The van der Waals surface area contributed by atoms with Gasteiger partial charge in [-0.2, -0.15) is 9.78 Å². The summed E-state index contributed by atoms with van der Waals surface area (Å²) in [5, 5.41) is 16.2. The zero-order valence-corrected chi connectivity index (χ0v) is 22.6. The van der Waals surface area contributed by atoms with Crippen molar-refractivity contribution < 1.29 is 14.4 Å². The van der Waals surface area contributed by atoms with E-state index in [-0.39, 0.29) is 28.6 Å². The molecular formula is C25H21BrClN5O5. The lowest BCUT2D eigenvalue weighted by atomic mass is 9.95. The minimum Gasteiger partial charge on any atom is -0.493 e. The maximum atomic E-state index is 13.5. The lowest BCUT2D eigenvalue weighted by Gasteiger charge is -2.21. The molecule has 0 aliphatic rings. The fourth-order valence-corrected chi connectivity index (χ4v) is 4.03. The summed E-state index contributed by atoms with van der Waals surface area (Å²) in [6.45, 7) is 5.80. The summed E-state index contributed by atoms with van der Waals surface area (Å²) in [4.78, 5) is 32.5. The summed E-state index contributed by atoms with van der Waals surface area (Å²) in [7, 11) is 1.44. The fourth-order valence-electron chi connectivity index (χ4n) is 3.45. The molecule has 0 bridgehead atoms. The lowest BCUT2D eigenvalue weighted by Crippen LogP contribution is -2.29. The maximum Gasteiger partial charge on any atom is 0.287 e. The summed E-state index contributed by atoms with van der Waals surface area (Å²) in [5.41, 5.74) is -0.0956. The SMILES string of the molecule is COc1cc(Cl)cc(C=Nn2c(C(C)(C)C)nc3ccc(Br)cc3c2=O)c1Oc1ccc([N+](=O)[O-])cn1. The number of ether oxygens (including phenoxy) is 2. The molecule has 0 saturated carbocycles. The second-order valence-corrected chi connectivity index (χ2v) is 10.3. The Hall–Kier alpha value is -3.83. The van der Waals surface area contributed by atoms with Crippen molar-refractivity contribution in [2.75, 3.05) is 7.11 Å². The standard InChI is InChI=1S/C25H21BrClN5O5/c1-25(2,3)24-30-19-7-5-15(26)10-18(19)23(33)31(24)29-12-14-9-16(27)11-20(36-4)22(14)37-21-8-6-17(13-28-21)32(34)35/h5-13H,1-4H3. The lowest BCUT2D eigenvalue weighted by molar-refractivity contribution is -0.385. The van der Waals surface area contributed by atoms with Crippen LogP contribution in [-0.2, 0) is 5.41 Å². The molecule has 0 atom stereocenters. The smallest absolute Gasteiger partial charge is 0.287 e. The fraction of sp³-hybridized carbons (Fsp3) is 0.200. The molecule has 0 aliphatic carbocycles. The van der Waals surface area contributed by atoms with Gasteiger partial charge in [0.15, 0.2) is 11.5 Å². The van der Waals surface area contributed by atoms with Crippen LogP contribution in [0.15, 0.2) is 63.0 Å². The van der Waals surface area contributed by atoms with Gasteiger partial charge in [0, 0.05) is 38.7 Å². The molecule has 37 heavy (non-hydrogen) atoms. The molecule has 0 fully saturated rings. The third kappa shape index (κ3) is 5.62. The van der Waals surface area contributed by atoms with Gasteiger partial charge in [-0.15, -0.1) is 0 Å². The van der Waals surface area contributed by atoms with Gasteiger partial charge in [0.05, 0.1) is 29.2 Å². The molecule has 2 aromatic carbocycles. The van der Waals surface area contributed by atoms with Crippen molar-refractivity contribution in [3.05, 3.63) is 90.0 Å². The average Bonchev–Trinajstić information content (AvgIpc) is 2.84. The molecule has 2 heterocycles. The summed E-state index contributed by atoms with van der Waals surface area (Å²) in [6, 6.07) is 11.0. The van der Waals surface area contributed by atoms with Crippen molar-refractivity contribution >= 4 is 50.3 Å². The topological polar surface area (TPSA) is 122 Å². The third-order valence-electron chi connectivity index (χ3n) is 5.20. The maximum absolute atomic E-state index is 13.5. The van der Waals surface area contributed by atoms with Gasteiger partial charge in [-0.3, -0.25) is 14.9 Å². The highest BCUT2D eigenvalue weighted by Crippen LogP contribution is 2.37. The quantitative estimate of drug-likeness (QED) is 0.152. The van der Waals surface area contributed by atoms with Gasteiger partial charge in [-0.1, -0.05) is 48.3 Å². The van der Waals surface area contributed by atoms with Crippen molar-refractivity contribution in [1.82, 2.24) is 14.6 Å². The molecule has 190 valence electrons. The second-order valence-electron chi connectivity index (χ2n) is 8.95. The molecular weight excluding hydrogens is 566 g/mol. The molecule has 12 heteroatoms. The Balaban J connectivity index is 1.86. The van der Waals surface area contributed by atoms with Gasteiger partial charge in [0.2, 0.25) is 5.88 Å². The summed E-state index contributed by atoms with van der Waals surface area (Å²) in [5.74, 6) is 1.03. The largest absolute Gasteiger partial charge is 0.493 e. The van der Waals surface area contributed by atoms with Crippen molar-refractivity contribution in [2.45, 2.75) is 26.2 Å². The number of rotatable bonds is 6. The van der Waals surface area contributed by atoms with Crippen LogP contribution < -0.4 is 15.0 Å². The van der Waals surface area contributed by atoms with Crippen LogP contribution in [0.25, 0.3) is 10.9 Å². The summed E-state index contributed by atoms with van der Waals surface area (Å²) < 4.78 is 13.3. The van der Waals surface area contributed by atoms with Crippen LogP contribution in [0.1, 0.15) is 32.2 Å². The number of halogens is 2. The van der Waals surface area contributed by atoms with Crippen LogP contribution in [0.3, 0.4) is 0 Å². The van der Waals surface area contributed by atoms with E-state index in [9.17, 15) is 14.9 Å². The Bertz CT molecular complexity index is 1600. The van der Waals surface area contributed by atoms with Crippen LogP contribution >= 0.6 is 27.5 Å². The third-order valence-corrected chi connectivity index (χ3v) is 5.91. The van der Waals surface area contributed by atoms with E-state index >= 15 is 0 Å². The Labute approximate surface area is 224 Å². The van der Waals surface area contributed by atoms with E-state index < -0.39 is 10.3 Å². The number of benzene rings is 2. The van der Waals surface area contributed by atoms with E-state index in [0.717, 1.165) is 10.7 Å². The first-order valence-electron chi connectivity index (χ1n) is 10.9. The molecule has 4 rings (SSSR count). The van der Waals surface area contributed by atoms with Gasteiger partial charge in [-0.25, -0.2) is 9.97 Å². The van der Waals surface area contributed by atoms with Crippen molar-refractivity contribution in [2.24, 2.45) is 5.10 Å². The summed E-state index contributed by atoms with van der Waals surface area (Å²) >= 11 is 9.70. The first-order chi connectivity index (χ1) is 17.5. The Kier molecular flexibility index (Phi) is 7.28. The zero-order valence-electron chi connectivity index (χ0n) is 20.2. The number of pyridine rings is 1. The highest BCUT2D eigenvalue weighted by Gasteiger charge is 2.23. The van der Waals surface area contributed by atoms with E-state index in [1.807, 2.05) is 26.8 Å². The minimum atomic E-state index is -0.557. The van der Waals surface area contributed by atoms with E-state index in [4.69, 9.17) is 26.1 Å². The summed E-state index contributed by atoms with van der Waals surface area (Å²) in [6.07, 6.45) is 2.50. The minimum absolute atomic E-state index is 0.0886. The van der Waals surface area contributed by atoms with Crippen LogP contribution in [-0.4, -0.2) is 32.9 Å². The molecule has 0 amide bonds. The first-order valence-corrected chi connectivity index (χ1v) is 12.1. The monoisotopic (exact) mass is 585 g/mol. The van der Waals surface area contributed by atoms with Crippen LogP contribution in [0.2, 0.25) is 5.02 Å². The Morgan fingerprint density at radius 3 is 2.57 bits per heavy atom. The molecule has 0 aliphatic heterocycles. The van der Waals surface area contributed by atoms with Gasteiger partial charge < -0.3 is 9.47 Å². The highest BCUT2D eigenvalue weighted by atomic mass is 79.9. The van der Waals surface area contributed by atoms with Gasteiger partial charge >= 0.3 is 0 Å². The Morgan fingerprint density at radius 2 is 1.95 bits per heavy atom. The molecule has 2 aromatic heterocycles. The van der Waals surface area contributed by atoms with E-state index in [2.05, 4.69) is 26.0 Å². The van der Waals surface area contributed by atoms with E-state index in [1.54, 1.807) is 24.3 Å². The highest BCUT2D eigenvalue weighted by molar-refractivity contribution is 9.10. The van der Waals surface area contributed by atoms with Crippen LogP contribution in [0.4, 0.5) is 5.69 Å². The van der Waals surface area contributed by atoms with E-state index in [0.29, 0.717) is 27.3 Å². The number of nitrogens with zero attached hydrogens (tertiary/aromatic N) is 5. The second kappa shape index (κ2) is 10.3. The zero-order chi connectivity index (χ0) is 26.9. The molecule has 0 unspecified atom stereocenters. The number of aromatic nitrogens is 3. The van der Waals surface area contributed by atoms with Crippen molar-refractivity contribution in [3.8, 4) is 17.4 Å². The molecule has 4 aromatic rings. The molecule has 0 spiro atoms. The molecule has 0 saturated heterocycles. The average molecular weight is 587 g/mol. The number of hydrogen-bond acceptors (Lipinski definition) is 8. The van der Waals surface area contributed by atoms with E-state index in [1.165, 1.54) is 30.1 Å². The molecule has 0 N–H and O–H groups in total. The molecule has 10 nitrogen and oxygen atoms in total. The Morgan fingerprint density at radius 1 is 1.19 bits per heavy atom. The van der Waals surface area contributed by atoms with Crippen molar-refractivity contribution in [3.63, 3.8) is 0 Å². The first kappa shape index (κ1) is 26.2. The van der Waals surface area contributed by atoms with Crippen molar-refractivity contribution in [1.29, 1.82) is 0 Å². The normalized spacial score (nSPS) is 11.7. The van der Waals surface area contributed by atoms with Gasteiger partial charge in [0.25, 0.3) is 11.2 Å².